The smallest absolute Gasteiger partial charge is 0.465 e. The number of hydrogen-bond donors (Lipinski definition) is 2. The Kier molecular flexibility index (Phi) is 7.52. The number of phosphoric acid groups is 1. The van der Waals surface area contributed by atoms with Crippen molar-refractivity contribution in [2.75, 3.05) is 5.32 Å². The molecule has 10 nitrogen and oxygen atoms in total. The molecule has 0 spiro atoms. The van der Waals surface area contributed by atoms with Crippen molar-refractivity contribution in [3.63, 3.8) is 0 Å². The minimum absolute atomic E-state index is 0.0742. The first-order chi connectivity index (χ1) is 16.2. The molecule has 2 aromatic carbocycles. The van der Waals surface area contributed by atoms with Crippen LogP contribution in [0.4, 0.5) is 10.7 Å². The van der Waals surface area contributed by atoms with Gasteiger partial charge in [0.1, 0.15) is 6.73 Å². The van der Waals surface area contributed by atoms with Crippen molar-refractivity contribution in [2.45, 2.75) is 59.5 Å². The number of imidazole rings is 1. The van der Waals surface area contributed by atoms with Crippen LogP contribution in [0.3, 0.4) is 0 Å². The molecule has 2 N–H and O–H groups in total. The summed E-state index contributed by atoms with van der Waals surface area (Å²) in [6.45, 7) is 9.89. The number of nitrogens with zero attached hydrogens (tertiary/aromatic N) is 2. The second-order valence-corrected chi connectivity index (χ2v) is 11.3. The summed E-state index contributed by atoms with van der Waals surface area (Å²) in [7, 11) is -4.08. The Hall–Kier alpha value is -3.04. The fourth-order valence-electron chi connectivity index (χ4n) is 3.22. The second kappa shape index (κ2) is 9.91. The second-order valence-electron chi connectivity index (χ2n) is 9.80. The summed E-state index contributed by atoms with van der Waals surface area (Å²) in [5, 5.41) is 11.5. The highest BCUT2D eigenvalue weighted by atomic mass is 31.2. The molecule has 0 aliphatic heterocycles. The molecular formula is C24H30N3O7P. The molecular weight excluding hydrogens is 473 g/mol. The van der Waals surface area contributed by atoms with Crippen LogP contribution in [0.15, 0.2) is 48.5 Å². The van der Waals surface area contributed by atoms with Crippen LogP contribution in [-0.2, 0) is 24.9 Å². The summed E-state index contributed by atoms with van der Waals surface area (Å²) >= 11 is 0. The minimum Gasteiger partial charge on any atom is -0.465 e. The number of ketones is 1. The third-order valence-corrected chi connectivity index (χ3v) is 6.36. The van der Waals surface area contributed by atoms with Gasteiger partial charge >= 0.3 is 13.9 Å². The third-order valence-electron chi connectivity index (χ3n) is 4.38. The van der Waals surface area contributed by atoms with Crippen LogP contribution in [0.5, 0.6) is 0 Å². The fraction of sp³-hybridized carbons (Fsp3) is 0.375. The Morgan fingerprint density at radius 3 is 2.11 bits per heavy atom. The molecule has 0 atom stereocenters. The number of amides is 1. The molecule has 1 aromatic heterocycles. The van der Waals surface area contributed by atoms with Crippen LogP contribution < -0.4 is 5.32 Å². The quantitative estimate of drug-likeness (QED) is 0.280. The zero-order valence-corrected chi connectivity index (χ0v) is 21.5. The lowest BCUT2D eigenvalue weighted by molar-refractivity contribution is -0.00543. The molecule has 0 bridgehead atoms. The van der Waals surface area contributed by atoms with Gasteiger partial charge in [-0.25, -0.2) is 14.3 Å². The van der Waals surface area contributed by atoms with Gasteiger partial charge in [0.25, 0.3) is 0 Å². The highest BCUT2D eigenvalue weighted by Crippen LogP contribution is 2.55. The number of carbonyl (C=O) groups is 2. The predicted octanol–water partition coefficient (Wildman–Crippen LogP) is 6.07. The lowest BCUT2D eigenvalue weighted by Gasteiger charge is -2.31. The molecule has 0 saturated heterocycles. The fourth-order valence-corrected chi connectivity index (χ4v) is 4.96. The Morgan fingerprint density at radius 1 is 0.971 bits per heavy atom. The van der Waals surface area contributed by atoms with Crippen molar-refractivity contribution in [1.29, 1.82) is 0 Å². The topological polar surface area (TPSA) is 129 Å². The van der Waals surface area contributed by atoms with Crippen LogP contribution in [-0.4, -0.2) is 37.7 Å². The van der Waals surface area contributed by atoms with E-state index in [9.17, 15) is 19.3 Å². The van der Waals surface area contributed by atoms with Crippen LogP contribution in [0.25, 0.3) is 11.0 Å². The van der Waals surface area contributed by atoms with Crippen molar-refractivity contribution >= 4 is 36.7 Å². The molecule has 35 heavy (non-hydrogen) atoms. The van der Waals surface area contributed by atoms with Crippen LogP contribution >= 0.6 is 7.82 Å². The SMILES string of the molecule is CC(C)(C)OP(=O)(OCn1c(NC(=O)O)nc2cc(C(=O)c3ccccc3)ccc21)OC(C)(C)C. The third kappa shape index (κ3) is 7.22. The van der Waals surface area contributed by atoms with Crippen molar-refractivity contribution in [1.82, 2.24) is 9.55 Å². The zero-order chi connectivity index (χ0) is 26.0. The standard InChI is InChI=1S/C24H30N3O7P/c1-23(2,3)33-35(31,34-24(4,5)6)32-15-27-19-13-12-17(20(28)16-10-8-7-9-11-16)14-18(19)25-21(27)26-22(29)30/h7-14H,15H2,1-6H3,(H,25,26)(H,29,30). The van der Waals surface area contributed by atoms with Gasteiger partial charge in [0.2, 0.25) is 5.95 Å². The molecule has 188 valence electrons. The first kappa shape index (κ1) is 26.6. The van der Waals surface area contributed by atoms with Gasteiger partial charge in [0.05, 0.1) is 22.2 Å². The largest absolute Gasteiger partial charge is 0.477 e. The highest BCUT2D eigenvalue weighted by Gasteiger charge is 2.37. The van der Waals surface area contributed by atoms with Crippen LogP contribution in [0.1, 0.15) is 57.5 Å². The van der Waals surface area contributed by atoms with Gasteiger partial charge in [-0.1, -0.05) is 30.3 Å². The Labute approximate surface area is 203 Å². The average Bonchev–Trinajstić information content (AvgIpc) is 3.05. The number of carbonyl (C=O) groups excluding carboxylic acids is 1. The molecule has 0 radical (unpaired) electrons. The molecule has 3 rings (SSSR count). The van der Waals surface area contributed by atoms with Gasteiger partial charge in [-0.05, 0) is 59.7 Å². The Morgan fingerprint density at radius 2 is 1.57 bits per heavy atom. The molecule has 0 aliphatic rings. The van der Waals surface area contributed by atoms with E-state index in [1.165, 1.54) is 4.57 Å². The van der Waals surface area contributed by atoms with E-state index in [0.29, 0.717) is 22.2 Å². The first-order valence-corrected chi connectivity index (χ1v) is 12.4. The van der Waals surface area contributed by atoms with E-state index in [0.717, 1.165) is 0 Å². The average molecular weight is 503 g/mol. The summed E-state index contributed by atoms with van der Waals surface area (Å²) < 4.78 is 31.7. The maximum absolute atomic E-state index is 13.4. The maximum Gasteiger partial charge on any atom is 0.477 e. The number of fused-ring (bicyclic) bond motifs is 1. The molecule has 1 amide bonds. The number of anilines is 1. The number of benzene rings is 2. The maximum atomic E-state index is 13.4. The van der Waals surface area contributed by atoms with Crippen molar-refractivity contribution in [3.8, 4) is 0 Å². The van der Waals surface area contributed by atoms with Crippen molar-refractivity contribution in [2.24, 2.45) is 0 Å². The van der Waals surface area contributed by atoms with E-state index in [1.54, 1.807) is 84.0 Å². The van der Waals surface area contributed by atoms with Gasteiger partial charge in [0, 0.05) is 11.1 Å². The lowest BCUT2D eigenvalue weighted by atomic mass is 10.0. The number of phosphoric ester groups is 1. The number of aromatic nitrogens is 2. The molecule has 0 unspecified atom stereocenters. The van der Waals surface area contributed by atoms with E-state index < -0.39 is 25.1 Å². The van der Waals surface area contributed by atoms with Crippen molar-refractivity contribution < 1.29 is 32.8 Å². The van der Waals surface area contributed by atoms with Crippen molar-refractivity contribution in [3.05, 3.63) is 59.7 Å². The van der Waals surface area contributed by atoms with Gasteiger partial charge < -0.3 is 5.11 Å². The number of hydrogen-bond acceptors (Lipinski definition) is 7. The minimum atomic E-state index is -4.08. The van der Waals surface area contributed by atoms with Gasteiger partial charge in [-0.3, -0.25) is 28.2 Å². The number of nitrogens with one attached hydrogen (secondary N) is 1. The molecule has 0 aliphatic carbocycles. The van der Waals surface area contributed by atoms with E-state index in [2.05, 4.69) is 10.3 Å². The molecule has 1 heterocycles. The van der Waals surface area contributed by atoms with Gasteiger partial charge in [0.15, 0.2) is 5.78 Å². The molecule has 3 aromatic rings. The van der Waals surface area contributed by atoms with E-state index in [-0.39, 0.29) is 18.5 Å². The normalized spacial score (nSPS) is 12.6. The van der Waals surface area contributed by atoms with Crippen LogP contribution in [0, 0.1) is 0 Å². The molecule has 11 heteroatoms. The van der Waals surface area contributed by atoms with Gasteiger partial charge in [-0.2, -0.15) is 0 Å². The summed E-state index contributed by atoms with van der Waals surface area (Å²) in [5.41, 5.74) is 0.0186. The lowest BCUT2D eigenvalue weighted by Crippen LogP contribution is -2.25. The number of carboxylic acid groups (broad SMARTS) is 1. The Bertz CT molecular complexity index is 1250. The van der Waals surface area contributed by atoms with E-state index >= 15 is 0 Å². The summed E-state index contributed by atoms with van der Waals surface area (Å²) in [4.78, 5) is 28.5. The van der Waals surface area contributed by atoms with E-state index in [1.807, 2.05) is 6.07 Å². The molecule has 0 saturated carbocycles. The number of rotatable bonds is 8. The van der Waals surface area contributed by atoms with Crippen LogP contribution in [0.2, 0.25) is 0 Å². The van der Waals surface area contributed by atoms with Gasteiger partial charge in [-0.15, -0.1) is 0 Å². The molecule has 0 fully saturated rings. The summed E-state index contributed by atoms with van der Waals surface area (Å²) in [6, 6.07) is 13.6. The van der Waals surface area contributed by atoms with E-state index in [4.69, 9.17) is 13.6 Å². The monoisotopic (exact) mass is 503 g/mol. The first-order valence-electron chi connectivity index (χ1n) is 10.9. The summed E-state index contributed by atoms with van der Waals surface area (Å²) in [5.74, 6) is -0.275. The summed E-state index contributed by atoms with van der Waals surface area (Å²) in [6.07, 6.45) is -1.35. The highest BCUT2D eigenvalue weighted by molar-refractivity contribution is 7.48. The predicted molar refractivity (Wildman–Crippen MR) is 132 cm³/mol. The Balaban J connectivity index is 1.98. The zero-order valence-electron chi connectivity index (χ0n) is 20.6.